The van der Waals surface area contributed by atoms with E-state index in [0.717, 1.165) is 12.8 Å². The summed E-state index contributed by atoms with van der Waals surface area (Å²) in [4.78, 5) is 22.8. The van der Waals surface area contributed by atoms with Crippen molar-refractivity contribution in [2.75, 3.05) is 0 Å². The molecule has 0 aliphatic heterocycles. The van der Waals surface area contributed by atoms with E-state index in [1.807, 2.05) is 27.7 Å². The molecule has 0 rings (SSSR count). The van der Waals surface area contributed by atoms with Crippen LogP contribution in [0.2, 0.25) is 0 Å². The summed E-state index contributed by atoms with van der Waals surface area (Å²) in [5.74, 6) is -0.0951. The molecule has 2 atom stereocenters. The highest BCUT2D eigenvalue weighted by Gasteiger charge is 2.10. The second kappa shape index (κ2) is 8.13. The lowest BCUT2D eigenvalue weighted by molar-refractivity contribution is -0.127. The van der Waals surface area contributed by atoms with E-state index >= 15 is 0 Å². The zero-order valence-electron chi connectivity index (χ0n) is 10.8. The quantitative estimate of drug-likeness (QED) is 0.695. The van der Waals surface area contributed by atoms with Crippen molar-refractivity contribution in [3.05, 3.63) is 0 Å². The zero-order valence-corrected chi connectivity index (χ0v) is 10.8. The molecule has 0 aromatic carbocycles. The highest BCUT2D eigenvalue weighted by molar-refractivity contribution is 5.83. The van der Waals surface area contributed by atoms with Gasteiger partial charge in [-0.2, -0.15) is 0 Å². The summed E-state index contributed by atoms with van der Waals surface area (Å²) in [5.41, 5.74) is 0. The molecule has 2 amide bonds. The van der Waals surface area contributed by atoms with Crippen molar-refractivity contribution < 1.29 is 9.59 Å². The van der Waals surface area contributed by atoms with E-state index in [9.17, 15) is 9.59 Å². The lowest BCUT2D eigenvalue weighted by Gasteiger charge is -2.13. The number of carbonyl (C=O) groups is 2. The van der Waals surface area contributed by atoms with Crippen LogP contribution >= 0.6 is 0 Å². The number of carbonyl (C=O) groups excluding carboxylic acids is 2. The molecule has 94 valence electrons. The number of hydrogen-bond acceptors (Lipinski definition) is 2. The van der Waals surface area contributed by atoms with Crippen molar-refractivity contribution in [3.63, 3.8) is 0 Å². The van der Waals surface area contributed by atoms with Gasteiger partial charge in [0.25, 0.3) is 0 Å². The summed E-state index contributed by atoms with van der Waals surface area (Å²) >= 11 is 0. The van der Waals surface area contributed by atoms with Gasteiger partial charge in [-0.1, -0.05) is 13.8 Å². The molecule has 0 fully saturated rings. The Labute approximate surface area is 98.2 Å². The molecular formula is C12H24N2O2. The predicted molar refractivity (Wildman–Crippen MR) is 65.0 cm³/mol. The molecule has 2 N–H and O–H groups in total. The molecule has 0 aromatic rings. The minimum Gasteiger partial charge on any atom is -0.354 e. The summed E-state index contributed by atoms with van der Waals surface area (Å²) in [6, 6.07) is 0.371. The van der Waals surface area contributed by atoms with Crippen LogP contribution in [0.25, 0.3) is 0 Å². The van der Waals surface area contributed by atoms with Gasteiger partial charge in [0, 0.05) is 24.9 Å². The van der Waals surface area contributed by atoms with Crippen molar-refractivity contribution in [2.24, 2.45) is 0 Å². The Kier molecular flexibility index (Phi) is 7.60. The van der Waals surface area contributed by atoms with Gasteiger partial charge in [-0.15, -0.1) is 0 Å². The minimum atomic E-state index is -0.0475. The second-order valence-electron chi connectivity index (χ2n) is 4.25. The fourth-order valence-electron chi connectivity index (χ4n) is 1.13. The maximum absolute atomic E-state index is 11.4. The highest BCUT2D eigenvalue weighted by atomic mass is 16.2. The molecule has 0 aliphatic rings. The number of hydrogen-bond donors (Lipinski definition) is 2. The summed E-state index contributed by atoms with van der Waals surface area (Å²) in [6.45, 7) is 7.94. The Morgan fingerprint density at radius 2 is 1.19 bits per heavy atom. The first-order valence-corrected chi connectivity index (χ1v) is 6.08. The third kappa shape index (κ3) is 7.26. The first-order chi connectivity index (χ1) is 7.49. The third-order valence-corrected chi connectivity index (χ3v) is 2.62. The second-order valence-corrected chi connectivity index (χ2v) is 4.25. The molecule has 0 bridgehead atoms. The predicted octanol–water partition coefficient (Wildman–Crippen LogP) is 1.60. The summed E-state index contributed by atoms with van der Waals surface area (Å²) in [6.07, 6.45) is 2.36. The Morgan fingerprint density at radius 1 is 0.875 bits per heavy atom. The average molecular weight is 228 g/mol. The van der Waals surface area contributed by atoms with Crippen LogP contribution in [0.4, 0.5) is 0 Å². The molecule has 4 nitrogen and oxygen atoms in total. The Hall–Kier alpha value is -1.06. The number of nitrogens with one attached hydrogen (secondary N) is 2. The van der Waals surface area contributed by atoms with Crippen LogP contribution < -0.4 is 10.6 Å². The Morgan fingerprint density at radius 3 is 1.44 bits per heavy atom. The van der Waals surface area contributed by atoms with Crippen molar-refractivity contribution in [1.82, 2.24) is 10.6 Å². The van der Waals surface area contributed by atoms with Gasteiger partial charge in [-0.05, 0) is 26.7 Å². The van der Waals surface area contributed by atoms with E-state index in [2.05, 4.69) is 10.6 Å². The lowest BCUT2D eigenvalue weighted by Crippen LogP contribution is -2.35. The molecule has 0 aromatic heterocycles. The van der Waals surface area contributed by atoms with Crippen LogP contribution in [0.15, 0.2) is 0 Å². The van der Waals surface area contributed by atoms with Crippen LogP contribution in [-0.2, 0) is 9.59 Å². The zero-order chi connectivity index (χ0) is 12.6. The third-order valence-electron chi connectivity index (χ3n) is 2.62. The largest absolute Gasteiger partial charge is 0.354 e. The SMILES string of the molecule is CC[C@@H](C)NC(=O)CCC(=O)N[C@@H](C)CC. The molecule has 0 saturated carbocycles. The van der Waals surface area contributed by atoms with Gasteiger partial charge < -0.3 is 10.6 Å². The van der Waals surface area contributed by atoms with Crippen LogP contribution in [0.1, 0.15) is 53.4 Å². The van der Waals surface area contributed by atoms with Gasteiger partial charge in [0.1, 0.15) is 0 Å². The first-order valence-electron chi connectivity index (χ1n) is 6.08. The minimum absolute atomic E-state index is 0.0475. The fourth-order valence-corrected chi connectivity index (χ4v) is 1.13. The Balaban J connectivity index is 3.71. The fraction of sp³-hybridized carbons (Fsp3) is 0.833. The van der Waals surface area contributed by atoms with Crippen molar-refractivity contribution in [2.45, 2.75) is 65.5 Å². The smallest absolute Gasteiger partial charge is 0.220 e. The van der Waals surface area contributed by atoms with E-state index < -0.39 is 0 Å². The van der Waals surface area contributed by atoms with Gasteiger partial charge in [-0.25, -0.2) is 0 Å². The van der Waals surface area contributed by atoms with Gasteiger partial charge in [0.15, 0.2) is 0 Å². The molecule has 0 spiro atoms. The van der Waals surface area contributed by atoms with Gasteiger partial charge in [-0.3, -0.25) is 9.59 Å². The van der Waals surface area contributed by atoms with Gasteiger partial charge in [0.2, 0.25) is 11.8 Å². The lowest BCUT2D eigenvalue weighted by atomic mass is 10.2. The van der Waals surface area contributed by atoms with Crippen LogP contribution in [0.3, 0.4) is 0 Å². The van der Waals surface area contributed by atoms with Crippen LogP contribution in [-0.4, -0.2) is 23.9 Å². The normalized spacial score (nSPS) is 14.0. The number of rotatable bonds is 7. The summed E-state index contributed by atoms with van der Waals surface area (Å²) in [7, 11) is 0. The monoisotopic (exact) mass is 228 g/mol. The summed E-state index contributed by atoms with van der Waals surface area (Å²) < 4.78 is 0. The molecule has 0 saturated heterocycles. The maximum atomic E-state index is 11.4. The van der Waals surface area contributed by atoms with E-state index in [1.165, 1.54) is 0 Å². The topological polar surface area (TPSA) is 58.2 Å². The Bertz CT molecular complexity index is 205. The molecule has 4 heteroatoms. The maximum Gasteiger partial charge on any atom is 0.220 e. The summed E-state index contributed by atoms with van der Waals surface area (Å²) in [5, 5.41) is 5.67. The molecule has 0 heterocycles. The average Bonchev–Trinajstić information content (AvgIpc) is 2.26. The van der Waals surface area contributed by atoms with Gasteiger partial charge >= 0.3 is 0 Å². The molecule has 0 radical (unpaired) electrons. The van der Waals surface area contributed by atoms with Crippen molar-refractivity contribution in [3.8, 4) is 0 Å². The number of amides is 2. The van der Waals surface area contributed by atoms with E-state index in [1.54, 1.807) is 0 Å². The highest BCUT2D eigenvalue weighted by Crippen LogP contribution is 1.95. The van der Waals surface area contributed by atoms with Crippen LogP contribution in [0.5, 0.6) is 0 Å². The standard InChI is InChI=1S/C12H24N2O2/c1-5-9(3)13-11(15)7-8-12(16)14-10(4)6-2/h9-10H,5-8H2,1-4H3,(H,13,15)(H,14,16)/t9-,10+. The molecular weight excluding hydrogens is 204 g/mol. The van der Waals surface area contributed by atoms with E-state index in [-0.39, 0.29) is 36.7 Å². The molecule has 16 heavy (non-hydrogen) atoms. The van der Waals surface area contributed by atoms with E-state index in [0.29, 0.717) is 0 Å². The van der Waals surface area contributed by atoms with Crippen molar-refractivity contribution >= 4 is 11.8 Å². The first kappa shape index (κ1) is 14.9. The van der Waals surface area contributed by atoms with Crippen LogP contribution in [0, 0.1) is 0 Å². The van der Waals surface area contributed by atoms with Gasteiger partial charge in [0.05, 0.1) is 0 Å². The van der Waals surface area contributed by atoms with Crippen molar-refractivity contribution in [1.29, 1.82) is 0 Å². The molecule has 0 aliphatic carbocycles. The van der Waals surface area contributed by atoms with E-state index in [4.69, 9.17) is 0 Å². The molecule has 0 unspecified atom stereocenters.